The number of hydrogen-bond donors (Lipinski definition) is 1. The van der Waals surface area contributed by atoms with E-state index < -0.39 is 0 Å². The normalized spacial score (nSPS) is 17.2. The maximum atomic E-state index is 13.1. The molecule has 2 amide bonds. The predicted molar refractivity (Wildman–Crippen MR) is 106 cm³/mol. The van der Waals surface area contributed by atoms with E-state index in [2.05, 4.69) is 41.4 Å². The van der Waals surface area contributed by atoms with Crippen molar-refractivity contribution in [3.8, 4) is 0 Å². The Kier molecular flexibility index (Phi) is 4.74. The van der Waals surface area contributed by atoms with Gasteiger partial charge in [-0.2, -0.15) is 0 Å². The zero-order valence-corrected chi connectivity index (χ0v) is 15.7. The number of carbonyl (C=O) groups excluding carboxylic acids is 1. The summed E-state index contributed by atoms with van der Waals surface area (Å²) in [4.78, 5) is 19.2. The lowest BCUT2D eigenvalue weighted by Crippen LogP contribution is -2.55. The molecule has 136 valence electrons. The molecular weight excluding hydrogens is 348 g/mol. The molecule has 0 spiro atoms. The Balaban J connectivity index is 1.46. The number of piperazine rings is 1. The highest BCUT2D eigenvalue weighted by Crippen LogP contribution is 2.28. The number of nitrogens with zero attached hydrogens (tertiary/aromatic N) is 3. The van der Waals surface area contributed by atoms with Crippen LogP contribution in [-0.4, -0.2) is 43.8 Å². The summed E-state index contributed by atoms with van der Waals surface area (Å²) >= 11 is 6.09. The number of fused-ring (bicyclic) bond motifs is 1. The Morgan fingerprint density at radius 1 is 1.04 bits per heavy atom. The molecule has 1 saturated heterocycles. The molecule has 5 nitrogen and oxygen atoms in total. The van der Waals surface area contributed by atoms with Crippen LogP contribution in [0.1, 0.15) is 11.1 Å². The molecule has 2 heterocycles. The number of halogens is 1. The van der Waals surface area contributed by atoms with E-state index in [4.69, 9.17) is 11.6 Å². The zero-order chi connectivity index (χ0) is 18.1. The minimum atomic E-state index is 0.0604. The standard InChI is InChI=1S/C20H23ClN4O/c1-15-4-2-3-5-18(15)23-8-10-24(11-9-23)20(26)25-14-22-13-16-12-17(21)6-7-19(16)25/h2-7,12,22H,8-11,13-14H2,1H3. The average Bonchev–Trinajstić information content (AvgIpc) is 2.67. The second-order valence-corrected chi connectivity index (χ2v) is 7.27. The summed E-state index contributed by atoms with van der Waals surface area (Å²) in [6, 6.07) is 14.2. The number of carbonyl (C=O) groups is 1. The van der Waals surface area contributed by atoms with E-state index in [0.29, 0.717) is 11.7 Å². The maximum absolute atomic E-state index is 13.1. The fourth-order valence-electron chi connectivity index (χ4n) is 3.74. The number of urea groups is 1. The van der Waals surface area contributed by atoms with Gasteiger partial charge in [0.05, 0.1) is 12.4 Å². The van der Waals surface area contributed by atoms with Gasteiger partial charge in [0.1, 0.15) is 0 Å². The highest BCUT2D eigenvalue weighted by atomic mass is 35.5. The lowest BCUT2D eigenvalue weighted by atomic mass is 10.1. The number of amides is 2. The van der Waals surface area contributed by atoms with Crippen LogP contribution in [0.4, 0.5) is 16.2 Å². The molecule has 2 aliphatic rings. The summed E-state index contributed by atoms with van der Waals surface area (Å²) in [6.45, 7) is 6.57. The molecule has 26 heavy (non-hydrogen) atoms. The van der Waals surface area contributed by atoms with Crippen LogP contribution < -0.4 is 15.1 Å². The van der Waals surface area contributed by atoms with Crippen LogP contribution in [-0.2, 0) is 6.54 Å². The van der Waals surface area contributed by atoms with Gasteiger partial charge in [-0.3, -0.25) is 10.2 Å². The van der Waals surface area contributed by atoms with Gasteiger partial charge in [-0.1, -0.05) is 29.8 Å². The number of nitrogens with one attached hydrogen (secondary N) is 1. The minimum Gasteiger partial charge on any atom is -0.368 e. The highest BCUT2D eigenvalue weighted by Gasteiger charge is 2.29. The minimum absolute atomic E-state index is 0.0604. The molecule has 0 bridgehead atoms. The first kappa shape index (κ1) is 17.2. The Morgan fingerprint density at radius 3 is 2.58 bits per heavy atom. The van der Waals surface area contributed by atoms with Crippen molar-refractivity contribution in [1.82, 2.24) is 10.2 Å². The number of anilines is 2. The van der Waals surface area contributed by atoms with Gasteiger partial charge in [-0.15, -0.1) is 0 Å². The van der Waals surface area contributed by atoms with Gasteiger partial charge in [0.15, 0.2) is 0 Å². The van der Waals surface area contributed by atoms with Gasteiger partial charge in [-0.25, -0.2) is 4.79 Å². The third-order valence-electron chi connectivity index (χ3n) is 5.15. The van der Waals surface area contributed by atoms with E-state index in [1.807, 2.05) is 28.0 Å². The van der Waals surface area contributed by atoms with Gasteiger partial charge in [0.2, 0.25) is 0 Å². The van der Waals surface area contributed by atoms with Gasteiger partial charge in [0.25, 0.3) is 0 Å². The molecule has 0 aromatic heterocycles. The molecule has 2 aliphatic heterocycles. The molecule has 6 heteroatoms. The fraction of sp³-hybridized carbons (Fsp3) is 0.350. The average molecular weight is 371 g/mol. The number of para-hydroxylation sites is 1. The first-order chi connectivity index (χ1) is 12.6. The topological polar surface area (TPSA) is 38.8 Å². The third-order valence-corrected chi connectivity index (χ3v) is 5.39. The summed E-state index contributed by atoms with van der Waals surface area (Å²) in [5.41, 5.74) is 4.56. The summed E-state index contributed by atoms with van der Waals surface area (Å²) in [6.07, 6.45) is 0. The molecule has 1 fully saturated rings. The van der Waals surface area contributed by atoms with E-state index in [1.165, 1.54) is 11.3 Å². The molecule has 0 radical (unpaired) electrons. The molecule has 2 aromatic rings. The SMILES string of the molecule is Cc1ccccc1N1CCN(C(=O)N2CNCc3cc(Cl)ccc32)CC1. The van der Waals surface area contributed by atoms with Gasteiger partial charge >= 0.3 is 6.03 Å². The van der Waals surface area contributed by atoms with E-state index in [9.17, 15) is 4.79 Å². The van der Waals surface area contributed by atoms with Crippen LogP contribution in [0.15, 0.2) is 42.5 Å². The largest absolute Gasteiger partial charge is 0.368 e. The fourth-order valence-corrected chi connectivity index (χ4v) is 3.94. The summed E-state index contributed by atoms with van der Waals surface area (Å²) < 4.78 is 0. The number of rotatable bonds is 1. The van der Waals surface area contributed by atoms with Crippen molar-refractivity contribution in [1.29, 1.82) is 0 Å². The lowest BCUT2D eigenvalue weighted by Gasteiger charge is -2.40. The Hall–Kier alpha value is -2.24. The van der Waals surface area contributed by atoms with Crippen LogP contribution in [0, 0.1) is 6.92 Å². The van der Waals surface area contributed by atoms with Crippen LogP contribution in [0.3, 0.4) is 0 Å². The molecule has 0 atom stereocenters. The number of hydrogen-bond acceptors (Lipinski definition) is 3. The molecule has 0 unspecified atom stereocenters. The first-order valence-corrected chi connectivity index (χ1v) is 9.37. The van der Waals surface area contributed by atoms with Crippen LogP contribution in [0.2, 0.25) is 5.02 Å². The molecule has 0 aliphatic carbocycles. The monoisotopic (exact) mass is 370 g/mol. The summed E-state index contributed by atoms with van der Waals surface area (Å²) in [5.74, 6) is 0. The van der Waals surface area contributed by atoms with Gasteiger partial charge in [-0.05, 0) is 42.3 Å². The highest BCUT2D eigenvalue weighted by molar-refractivity contribution is 6.30. The summed E-state index contributed by atoms with van der Waals surface area (Å²) in [5, 5.41) is 3.99. The molecule has 4 rings (SSSR count). The zero-order valence-electron chi connectivity index (χ0n) is 14.9. The maximum Gasteiger partial charge on any atom is 0.325 e. The Morgan fingerprint density at radius 2 is 1.81 bits per heavy atom. The second kappa shape index (κ2) is 7.17. The second-order valence-electron chi connectivity index (χ2n) is 6.83. The van der Waals surface area contributed by atoms with E-state index >= 15 is 0 Å². The van der Waals surface area contributed by atoms with Gasteiger partial charge < -0.3 is 9.80 Å². The van der Waals surface area contributed by atoms with Crippen molar-refractivity contribution in [2.45, 2.75) is 13.5 Å². The Bertz CT molecular complexity index is 817. The molecule has 1 N–H and O–H groups in total. The van der Waals surface area contributed by atoms with E-state index in [0.717, 1.165) is 44.0 Å². The van der Waals surface area contributed by atoms with E-state index in [-0.39, 0.29) is 6.03 Å². The summed E-state index contributed by atoms with van der Waals surface area (Å²) in [7, 11) is 0. The molecule has 0 saturated carbocycles. The molecule has 2 aromatic carbocycles. The van der Waals surface area contributed by atoms with Gasteiger partial charge in [0, 0.05) is 43.4 Å². The van der Waals surface area contributed by atoms with Crippen molar-refractivity contribution in [2.24, 2.45) is 0 Å². The van der Waals surface area contributed by atoms with Crippen LogP contribution in [0.5, 0.6) is 0 Å². The number of benzene rings is 2. The smallest absolute Gasteiger partial charge is 0.325 e. The van der Waals surface area contributed by atoms with Crippen LogP contribution in [0.25, 0.3) is 0 Å². The Labute approximate surface area is 159 Å². The first-order valence-electron chi connectivity index (χ1n) is 8.99. The van der Waals surface area contributed by atoms with Crippen LogP contribution >= 0.6 is 11.6 Å². The lowest BCUT2D eigenvalue weighted by molar-refractivity contribution is 0.200. The van der Waals surface area contributed by atoms with Crippen molar-refractivity contribution >= 4 is 29.0 Å². The van der Waals surface area contributed by atoms with Crippen molar-refractivity contribution < 1.29 is 4.79 Å². The van der Waals surface area contributed by atoms with Crippen molar-refractivity contribution in [2.75, 3.05) is 42.6 Å². The molecular formula is C20H23ClN4O. The van der Waals surface area contributed by atoms with Crippen molar-refractivity contribution in [3.63, 3.8) is 0 Å². The third kappa shape index (κ3) is 3.24. The quantitative estimate of drug-likeness (QED) is 0.835. The number of aryl methyl sites for hydroxylation is 1. The predicted octanol–water partition coefficient (Wildman–Crippen LogP) is 3.46. The van der Waals surface area contributed by atoms with Crippen molar-refractivity contribution in [3.05, 3.63) is 58.6 Å². The van der Waals surface area contributed by atoms with E-state index in [1.54, 1.807) is 0 Å².